The first-order valence-corrected chi connectivity index (χ1v) is 7.65. The third-order valence-corrected chi connectivity index (χ3v) is 4.93. The van der Waals surface area contributed by atoms with Gasteiger partial charge < -0.3 is 9.64 Å². The van der Waals surface area contributed by atoms with Crippen LogP contribution in [0, 0.1) is 5.92 Å². The van der Waals surface area contributed by atoms with Crippen molar-refractivity contribution >= 4 is 5.91 Å². The second-order valence-electron chi connectivity index (χ2n) is 5.98. The summed E-state index contributed by atoms with van der Waals surface area (Å²) >= 11 is 0. The Kier molecular flexibility index (Phi) is 3.45. The molecule has 1 amide bonds. The molecule has 20 heavy (non-hydrogen) atoms. The van der Waals surface area contributed by atoms with Gasteiger partial charge in [-0.05, 0) is 36.5 Å². The largest absolute Gasteiger partial charge is 0.496 e. The number of methoxy groups -OCH3 is 1. The SMILES string of the molecule is CCCN1C(=O)[C@@H](C)C2c3cccc(OC)c3CCC21. The molecule has 1 heterocycles. The van der Waals surface area contributed by atoms with E-state index in [4.69, 9.17) is 4.74 Å². The molecule has 0 N–H and O–H groups in total. The van der Waals surface area contributed by atoms with Crippen LogP contribution in [0.15, 0.2) is 18.2 Å². The summed E-state index contributed by atoms with van der Waals surface area (Å²) in [6, 6.07) is 6.66. The Morgan fingerprint density at radius 1 is 1.40 bits per heavy atom. The average Bonchev–Trinajstić information content (AvgIpc) is 2.72. The lowest BCUT2D eigenvalue weighted by Gasteiger charge is -2.34. The van der Waals surface area contributed by atoms with Crippen LogP contribution in [-0.4, -0.2) is 30.5 Å². The van der Waals surface area contributed by atoms with Crippen molar-refractivity contribution in [1.82, 2.24) is 4.90 Å². The maximum absolute atomic E-state index is 12.5. The molecule has 0 bridgehead atoms. The van der Waals surface area contributed by atoms with Gasteiger partial charge in [0.1, 0.15) is 5.75 Å². The van der Waals surface area contributed by atoms with E-state index >= 15 is 0 Å². The molecule has 3 rings (SSSR count). The molecule has 3 atom stereocenters. The fourth-order valence-corrected chi connectivity index (χ4v) is 4.08. The van der Waals surface area contributed by atoms with Crippen LogP contribution >= 0.6 is 0 Å². The van der Waals surface area contributed by atoms with Gasteiger partial charge in [0, 0.05) is 24.4 Å². The van der Waals surface area contributed by atoms with Gasteiger partial charge in [-0.25, -0.2) is 0 Å². The first-order chi connectivity index (χ1) is 9.69. The Morgan fingerprint density at radius 2 is 2.20 bits per heavy atom. The summed E-state index contributed by atoms with van der Waals surface area (Å²) in [4.78, 5) is 14.6. The number of hydrogen-bond acceptors (Lipinski definition) is 2. The normalized spacial score (nSPS) is 28.2. The predicted octanol–water partition coefficient (Wildman–Crippen LogP) is 2.98. The Labute approximate surface area is 120 Å². The lowest BCUT2D eigenvalue weighted by Crippen LogP contribution is -2.37. The fourth-order valence-electron chi connectivity index (χ4n) is 4.08. The van der Waals surface area contributed by atoms with E-state index in [0.717, 1.165) is 31.6 Å². The van der Waals surface area contributed by atoms with Crippen molar-refractivity contribution in [1.29, 1.82) is 0 Å². The van der Waals surface area contributed by atoms with E-state index in [1.807, 2.05) is 6.07 Å². The summed E-state index contributed by atoms with van der Waals surface area (Å²) in [5, 5.41) is 0. The Balaban J connectivity index is 2.03. The molecule has 1 fully saturated rings. The third-order valence-electron chi connectivity index (χ3n) is 4.93. The van der Waals surface area contributed by atoms with Crippen LogP contribution in [-0.2, 0) is 11.2 Å². The minimum atomic E-state index is 0.0951. The highest BCUT2D eigenvalue weighted by Crippen LogP contribution is 2.47. The molecular weight excluding hydrogens is 250 g/mol. The van der Waals surface area contributed by atoms with Gasteiger partial charge in [0.15, 0.2) is 0 Å². The van der Waals surface area contributed by atoms with Crippen LogP contribution in [0.25, 0.3) is 0 Å². The molecule has 0 spiro atoms. The molecule has 1 aliphatic heterocycles. The molecule has 0 aromatic heterocycles. The van der Waals surface area contributed by atoms with Gasteiger partial charge in [-0.15, -0.1) is 0 Å². The van der Waals surface area contributed by atoms with Gasteiger partial charge in [0.2, 0.25) is 5.91 Å². The number of carbonyl (C=O) groups is 1. The maximum Gasteiger partial charge on any atom is 0.226 e. The summed E-state index contributed by atoms with van der Waals surface area (Å²) < 4.78 is 5.50. The molecule has 1 saturated heterocycles. The van der Waals surface area contributed by atoms with E-state index in [0.29, 0.717) is 17.9 Å². The quantitative estimate of drug-likeness (QED) is 0.847. The van der Waals surface area contributed by atoms with Gasteiger partial charge in [-0.2, -0.15) is 0 Å². The zero-order chi connectivity index (χ0) is 14.3. The molecule has 0 radical (unpaired) electrons. The van der Waals surface area contributed by atoms with Gasteiger partial charge in [-0.3, -0.25) is 4.79 Å². The van der Waals surface area contributed by atoms with Crippen LogP contribution in [0.2, 0.25) is 0 Å². The molecular formula is C17H23NO2. The minimum Gasteiger partial charge on any atom is -0.496 e. The van der Waals surface area contributed by atoms with E-state index in [-0.39, 0.29) is 5.92 Å². The zero-order valence-corrected chi connectivity index (χ0v) is 12.6. The number of rotatable bonds is 3. The number of carbonyl (C=O) groups excluding carboxylic acids is 1. The van der Waals surface area contributed by atoms with Crippen molar-refractivity contribution < 1.29 is 9.53 Å². The lowest BCUT2D eigenvalue weighted by molar-refractivity contribution is -0.131. The maximum atomic E-state index is 12.5. The van der Waals surface area contributed by atoms with Crippen molar-refractivity contribution in [2.45, 2.75) is 45.1 Å². The number of nitrogens with zero attached hydrogens (tertiary/aromatic N) is 1. The standard InChI is InChI=1S/C17H23NO2/c1-4-10-18-14-9-8-12-13(6-5-7-15(12)20-3)16(14)11(2)17(18)19/h5-7,11,14,16H,4,8-10H2,1-3H3/t11-,14?,16?/m0/s1. The van der Waals surface area contributed by atoms with Crippen molar-refractivity contribution in [3.63, 3.8) is 0 Å². The van der Waals surface area contributed by atoms with Crippen LogP contribution in [0.3, 0.4) is 0 Å². The monoisotopic (exact) mass is 273 g/mol. The summed E-state index contributed by atoms with van der Waals surface area (Å²) in [5.41, 5.74) is 2.65. The Bertz CT molecular complexity index is 526. The smallest absolute Gasteiger partial charge is 0.226 e. The number of hydrogen-bond donors (Lipinski definition) is 0. The third kappa shape index (κ3) is 1.83. The molecule has 1 aromatic rings. The highest BCUT2D eigenvalue weighted by molar-refractivity contribution is 5.83. The number of likely N-dealkylation sites (tertiary alicyclic amines) is 1. The predicted molar refractivity (Wildman–Crippen MR) is 79.0 cm³/mol. The summed E-state index contributed by atoms with van der Waals surface area (Å²) in [6.07, 6.45) is 3.11. The average molecular weight is 273 g/mol. The molecule has 0 saturated carbocycles. The topological polar surface area (TPSA) is 29.5 Å². The number of benzene rings is 1. The van der Waals surface area contributed by atoms with E-state index in [9.17, 15) is 4.79 Å². The highest BCUT2D eigenvalue weighted by Gasteiger charge is 2.48. The summed E-state index contributed by atoms with van der Waals surface area (Å²) in [5.74, 6) is 1.75. The van der Waals surface area contributed by atoms with Crippen molar-refractivity contribution in [2.75, 3.05) is 13.7 Å². The van der Waals surface area contributed by atoms with Gasteiger partial charge >= 0.3 is 0 Å². The second kappa shape index (κ2) is 5.12. The van der Waals surface area contributed by atoms with E-state index < -0.39 is 0 Å². The molecule has 1 aromatic carbocycles. The van der Waals surface area contributed by atoms with E-state index in [2.05, 4.69) is 30.9 Å². The van der Waals surface area contributed by atoms with Crippen LogP contribution < -0.4 is 4.74 Å². The number of fused-ring (bicyclic) bond motifs is 3. The summed E-state index contributed by atoms with van der Waals surface area (Å²) in [7, 11) is 1.73. The first-order valence-electron chi connectivity index (χ1n) is 7.65. The van der Waals surface area contributed by atoms with Crippen LogP contribution in [0.5, 0.6) is 5.75 Å². The van der Waals surface area contributed by atoms with Crippen molar-refractivity contribution in [2.24, 2.45) is 5.92 Å². The molecule has 2 aliphatic rings. The molecule has 3 heteroatoms. The van der Waals surface area contributed by atoms with Crippen molar-refractivity contribution in [3.8, 4) is 5.75 Å². The van der Waals surface area contributed by atoms with Crippen LogP contribution in [0.1, 0.15) is 43.7 Å². The Hall–Kier alpha value is -1.51. The second-order valence-corrected chi connectivity index (χ2v) is 5.98. The highest BCUT2D eigenvalue weighted by atomic mass is 16.5. The number of ether oxygens (including phenoxy) is 1. The minimum absolute atomic E-state index is 0.0951. The molecule has 2 unspecified atom stereocenters. The number of amides is 1. The van der Waals surface area contributed by atoms with Crippen molar-refractivity contribution in [3.05, 3.63) is 29.3 Å². The van der Waals surface area contributed by atoms with E-state index in [1.54, 1.807) is 7.11 Å². The lowest BCUT2D eigenvalue weighted by atomic mass is 9.75. The first kappa shape index (κ1) is 13.5. The molecule has 3 nitrogen and oxygen atoms in total. The van der Waals surface area contributed by atoms with Gasteiger partial charge in [0.05, 0.1) is 7.11 Å². The Morgan fingerprint density at radius 3 is 2.90 bits per heavy atom. The fraction of sp³-hybridized carbons (Fsp3) is 0.588. The van der Waals surface area contributed by atoms with Gasteiger partial charge in [0.25, 0.3) is 0 Å². The zero-order valence-electron chi connectivity index (χ0n) is 12.6. The van der Waals surface area contributed by atoms with Crippen LogP contribution in [0.4, 0.5) is 0 Å². The van der Waals surface area contributed by atoms with E-state index in [1.165, 1.54) is 11.1 Å². The molecule has 1 aliphatic carbocycles. The molecule has 108 valence electrons. The summed E-state index contributed by atoms with van der Waals surface area (Å²) in [6.45, 7) is 5.12. The van der Waals surface area contributed by atoms with Gasteiger partial charge in [-0.1, -0.05) is 26.0 Å².